The van der Waals surface area contributed by atoms with Crippen LogP contribution in [-0.4, -0.2) is 23.5 Å². The van der Waals surface area contributed by atoms with E-state index in [4.69, 9.17) is 10.5 Å². The average Bonchev–Trinajstić information content (AvgIpc) is 3.18. The number of rotatable bonds is 6. The lowest BCUT2D eigenvalue weighted by atomic mass is 10.1. The topological polar surface area (TPSA) is 77.2 Å². The zero-order chi connectivity index (χ0) is 13.9. The number of nitrogens with zero attached hydrogens (tertiary/aromatic N) is 1. The summed E-state index contributed by atoms with van der Waals surface area (Å²) in [7, 11) is 0. The number of amides is 1. The Balaban J connectivity index is 1.97. The number of carbonyl (C=O) groups excluding carboxylic acids is 1. The van der Waals surface area contributed by atoms with E-state index in [1.54, 1.807) is 6.20 Å². The molecule has 0 aliphatic heterocycles. The quantitative estimate of drug-likeness (QED) is 0.809. The molecule has 5 nitrogen and oxygen atoms in total. The zero-order valence-electron chi connectivity index (χ0n) is 11.5. The van der Waals surface area contributed by atoms with Crippen LogP contribution in [0.5, 0.6) is 5.88 Å². The Bertz CT molecular complexity index is 456. The molecule has 3 N–H and O–H groups in total. The highest BCUT2D eigenvalue weighted by Gasteiger charge is 2.48. The van der Waals surface area contributed by atoms with E-state index in [-0.39, 0.29) is 17.4 Å². The molecule has 0 atom stereocenters. The first kappa shape index (κ1) is 13.8. The van der Waals surface area contributed by atoms with Gasteiger partial charge in [-0.15, -0.1) is 0 Å². The predicted octanol–water partition coefficient (Wildman–Crippen LogP) is 1.22. The molecule has 1 saturated carbocycles. The van der Waals surface area contributed by atoms with Gasteiger partial charge in [0.25, 0.3) is 0 Å². The minimum Gasteiger partial charge on any atom is -0.475 e. The minimum absolute atomic E-state index is 0.0364. The molecule has 19 heavy (non-hydrogen) atoms. The van der Waals surface area contributed by atoms with Gasteiger partial charge in [0.05, 0.1) is 11.5 Å². The summed E-state index contributed by atoms with van der Waals surface area (Å²) in [5.74, 6) is 0.616. The largest absolute Gasteiger partial charge is 0.475 e. The van der Waals surface area contributed by atoms with Crippen molar-refractivity contribution in [1.29, 1.82) is 0 Å². The molecule has 0 saturated heterocycles. The van der Waals surface area contributed by atoms with E-state index in [0.29, 0.717) is 19.0 Å². The van der Waals surface area contributed by atoms with Gasteiger partial charge in [0, 0.05) is 24.8 Å². The van der Waals surface area contributed by atoms with Crippen LogP contribution in [0.1, 0.15) is 32.3 Å². The Morgan fingerprint density at radius 1 is 1.58 bits per heavy atom. The van der Waals surface area contributed by atoms with Crippen molar-refractivity contribution in [2.75, 3.05) is 6.54 Å². The number of carbonyl (C=O) groups is 1. The SMILES string of the molecule is CC(C)Oc1ncccc1CNC(=O)C1(CN)CC1. The van der Waals surface area contributed by atoms with Gasteiger partial charge < -0.3 is 15.8 Å². The van der Waals surface area contributed by atoms with E-state index in [0.717, 1.165) is 18.4 Å². The van der Waals surface area contributed by atoms with Crippen molar-refractivity contribution >= 4 is 5.91 Å². The summed E-state index contributed by atoms with van der Waals surface area (Å²) >= 11 is 0. The molecule has 1 aliphatic carbocycles. The maximum atomic E-state index is 12.0. The summed E-state index contributed by atoms with van der Waals surface area (Å²) < 4.78 is 5.62. The molecule has 2 rings (SSSR count). The van der Waals surface area contributed by atoms with Crippen molar-refractivity contribution < 1.29 is 9.53 Å². The summed E-state index contributed by atoms with van der Waals surface area (Å²) in [6.45, 7) is 4.74. The van der Waals surface area contributed by atoms with E-state index in [1.807, 2.05) is 26.0 Å². The second kappa shape index (κ2) is 5.57. The number of nitrogens with one attached hydrogen (secondary N) is 1. The molecular formula is C14H21N3O2. The van der Waals surface area contributed by atoms with Crippen molar-refractivity contribution in [3.8, 4) is 5.88 Å². The fourth-order valence-corrected chi connectivity index (χ4v) is 1.93. The van der Waals surface area contributed by atoms with Crippen LogP contribution in [-0.2, 0) is 11.3 Å². The van der Waals surface area contributed by atoms with Gasteiger partial charge in [-0.3, -0.25) is 4.79 Å². The van der Waals surface area contributed by atoms with Crippen molar-refractivity contribution in [3.63, 3.8) is 0 Å². The second-order valence-electron chi connectivity index (χ2n) is 5.30. The van der Waals surface area contributed by atoms with Crippen molar-refractivity contribution in [1.82, 2.24) is 10.3 Å². The number of aromatic nitrogens is 1. The Labute approximate surface area is 113 Å². The lowest BCUT2D eigenvalue weighted by Gasteiger charge is -2.15. The van der Waals surface area contributed by atoms with Gasteiger partial charge >= 0.3 is 0 Å². The molecule has 104 valence electrons. The molecule has 5 heteroatoms. The lowest BCUT2D eigenvalue weighted by Crippen LogP contribution is -2.36. The highest BCUT2D eigenvalue weighted by Crippen LogP contribution is 2.44. The number of nitrogens with two attached hydrogens (primary N) is 1. The van der Waals surface area contributed by atoms with E-state index < -0.39 is 0 Å². The molecule has 0 radical (unpaired) electrons. The molecule has 0 spiro atoms. The monoisotopic (exact) mass is 263 g/mol. The van der Waals surface area contributed by atoms with Crippen LogP contribution in [0.4, 0.5) is 0 Å². The molecule has 0 aromatic carbocycles. The van der Waals surface area contributed by atoms with Crippen molar-refractivity contribution in [2.24, 2.45) is 11.1 Å². The maximum Gasteiger partial charge on any atom is 0.227 e. The first-order valence-corrected chi connectivity index (χ1v) is 6.66. The highest BCUT2D eigenvalue weighted by molar-refractivity contribution is 5.85. The summed E-state index contributed by atoms with van der Waals surface area (Å²) in [5.41, 5.74) is 6.20. The fraction of sp³-hybridized carbons (Fsp3) is 0.571. The maximum absolute atomic E-state index is 12.0. The first-order valence-electron chi connectivity index (χ1n) is 6.66. The Hall–Kier alpha value is -1.62. The summed E-state index contributed by atoms with van der Waals surface area (Å²) in [5, 5.41) is 2.93. The highest BCUT2D eigenvalue weighted by atomic mass is 16.5. The van der Waals surface area contributed by atoms with Crippen LogP contribution in [0, 0.1) is 5.41 Å². The molecule has 1 aliphatic rings. The number of hydrogen-bond donors (Lipinski definition) is 2. The molecule has 1 heterocycles. The van der Waals surface area contributed by atoms with Crippen LogP contribution in [0.2, 0.25) is 0 Å². The molecule has 1 fully saturated rings. The minimum atomic E-state index is -0.318. The second-order valence-corrected chi connectivity index (χ2v) is 5.30. The number of hydrogen-bond acceptors (Lipinski definition) is 4. The zero-order valence-corrected chi connectivity index (χ0v) is 11.5. The van der Waals surface area contributed by atoms with Gasteiger partial charge in [-0.1, -0.05) is 6.07 Å². The van der Waals surface area contributed by atoms with Gasteiger partial charge in [0.15, 0.2) is 0 Å². The van der Waals surface area contributed by atoms with Crippen LogP contribution in [0.15, 0.2) is 18.3 Å². The van der Waals surface area contributed by atoms with E-state index >= 15 is 0 Å². The molecular weight excluding hydrogens is 242 g/mol. The molecule has 1 aromatic heterocycles. The van der Waals surface area contributed by atoms with E-state index in [1.165, 1.54) is 0 Å². The van der Waals surface area contributed by atoms with Gasteiger partial charge in [-0.25, -0.2) is 4.98 Å². The summed E-state index contributed by atoms with van der Waals surface area (Å²) in [4.78, 5) is 16.2. The van der Waals surface area contributed by atoms with Crippen LogP contribution < -0.4 is 15.8 Å². The number of ether oxygens (including phenoxy) is 1. The Morgan fingerprint density at radius 3 is 2.89 bits per heavy atom. The molecule has 1 amide bonds. The van der Waals surface area contributed by atoms with Gasteiger partial charge in [0.1, 0.15) is 0 Å². The van der Waals surface area contributed by atoms with Crippen LogP contribution in [0.25, 0.3) is 0 Å². The standard InChI is InChI=1S/C14H21N3O2/c1-10(2)19-12-11(4-3-7-16-12)8-17-13(18)14(9-15)5-6-14/h3-4,7,10H,5-6,8-9,15H2,1-2H3,(H,17,18). The summed E-state index contributed by atoms with van der Waals surface area (Å²) in [6, 6.07) is 3.75. The van der Waals surface area contributed by atoms with E-state index in [2.05, 4.69) is 10.3 Å². The van der Waals surface area contributed by atoms with Crippen molar-refractivity contribution in [2.45, 2.75) is 39.3 Å². The van der Waals surface area contributed by atoms with Gasteiger partial charge in [-0.05, 0) is 32.8 Å². The smallest absolute Gasteiger partial charge is 0.227 e. The third-order valence-corrected chi connectivity index (χ3v) is 3.36. The van der Waals surface area contributed by atoms with E-state index in [9.17, 15) is 4.79 Å². The number of pyridine rings is 1. The molecule has 1 aromatic rings. The Kier molecular flexibility index (Phi) is 4.04. The molecule has 0 bridgehead atoms. The fourth-order valence-electron chi connectivity index (χ4n) is 1.93. The van der Waals surface area contributed by atoms with Gasteiger partial charge in [-0.2, -0.15) is 0 Å². The molecule has 0 unspecified atom stereocenters. The van der Waals surface area contributed by atoms with Gasteiger partial charge in [0.2, 0.25) is 11.8 Å². The lowest BCUT2D eigenvalue weighted by molar-refractivity contribution is -0.126. The summed E-state index contributed by atoms with van der Waals surface area (Å²) in [6.07, 6.45) is 3.52. The first-order chi connectivity index (χ1) is 9.07. The average molecular weight is 263 g/mol. The third-order valence-electron chi connectivity index (χ3n) is 3.36. The van der Waals surface area contributed by atoms with Crippen LogP contribution >= 0.6 is 0 Å². The normalized spacial score (nSPS) is 16.2. The van der Waals surface area contributed by atoms with Crippen LogP contribution in [0.3, 0.4) is 0 Å². The Morgan fingerprint density at radius 2 is 2.32 bits per heavy atom. The van der Waals surface area contributed by atoms with Crippen molar-refractivity contribution in [3.05, 3.63) is 23.9 Å². The predicted molar refractivity (Wildman–Crippen MR) is 72.6 cm³/mol. The third kappa shape index (κ3) is 3.23.